The van der Waals surface area contributed by atoms with Gasteiger partial charge < -0.3 is 9.39 Å². The Morgan fingerprint density at radius 2 is 1.80 bits per heavy atom. The van der Waals surface area contributed by atoms with Gasteiger partial charge in [-0.3, -0.25) is 0 Å². The summed E-state index contributed by atoms with van der Waals surface area (Å²) in [6.45, 7) is 2.10. The molecule has 1 aromatic carbocycles. The maximum absolute atomic E-state index is 5.95. The lowest BCUT2D eigenvalue weighted by atomic mass is 9.56. The SMILES string of the molecule is c1cc(B2CCCCO2)ccc1OCC1CCCCC1. The number of benzene rings is 1. The van der Waals surface area contributed by atoms with Crippen molar-refractivity contribution >= 4 is 12.4 Å². The molecule has 2 nitrogen and oxygen atoms in total. The van der Waals surface area contributed by atoms with E-state index in [0.29, 0.717) is 6.92 Å². The van der Waals surface area contributed by atoms with Gasteiger partial charge in [0.15, 0.2) is 0 Å². The van der Waals surface area contributed by atoms with Crippen LogP contribution in [0.5, 0.6) is 5.75 Å². The van der Waals surface area contributed by atoms with Crippen LogP contribution < -0.4 is 10.2 Å². The van der Waals surface area contributed by atoms with Crippen LogP contribution in [-0.4, -0.2) is 20.1 Å². The lowest BCUT2D eigenvalue weighted by Gasteiger charge is -2.22. The van der Waals surface area contributed by atoms with E-state index in [9.17, 15) is 0 Å². The first kappa shape index (κ1) is 14.0. The molecule has 0 atom stereocenters. The highest BCUT2D eigenvalue weighted by atomic mass is 16.5. The molecule has 3 rings (SSSR count). The fourth-order valence-electron chi connectivity index (χ4n) is 3.35. The van der Waals surface area contributed by atoms with Gasteiger partial charge >= 0.3 is 6.92 Å². The quantitative estimate of drug-likeness (QED) is 0.779. The van der Waals surface area contributed by atoms with Crippen molar-refractivity contribution in [3.05, 3.63) is 24.3 Å². The Bertz CT molecular complexity index is 392. The minimum Gasteiger partial charge on any atom is -0.493 e. The number of hydrogen-bond acceptors (Lipinski definition) is 2. The molecule has 2 fully saturated rings. The summed E-state index contributed by atoms with van der Waals surface area (Å²) in [7, 11) is 0. The number of rotatable bonds is 4. The van der Waals surface area contributed by atoms with Crippen molar-refractivity contribution < 1.29 is 9.39 Å². The van der Waals surface area contributed by atoms with Crippen LogP contribution in [0, 0.1) is 5.92 Å². The largest absolute Gasteiger partial charge is 0.493 e. The van der Waals surface area contributed by atoms with Gasteiger partial charge in [0.05, 0.1) is 6.61 Å². The summed E-state index contributed by atoms with van der Waals surface area (Å²) in [5.74, 6) is 1.78. The highest BCUT2D eigenvalue weighted by Gasteiger charge is 2.21. The highest BCUT2D eigenvalue weighted by Crippen LogP contribution is 2.24. The first-order chi connectivity index (χ1) is 9.92. The molecule has 1 saturated carbocycles. The van der Waals surface area contributed by atoms with Crippen molar-refractivity contribution in [1.82, 2.24) is 0 Å². The Hall–Kier alpha value is -0.955. The third-order valence-corrected chi connectivity index (χ3v) is 4.64. The van der Waals surface area contributed by atoms with E-state index in [-0.39, 0.29) is 0 Å². The third-order valence-electron chi connectivity index (χ3n) is 4.64. The highest BCUT2D eigenvalue weighted by molar-refractivity contribution is 6.67. The van der Waals surface area contributed by atoms with Crippen molar-refractivity contribution in [3.8, 4) is 5.75 Å². The Morgan fingerprint density at radius 1 is 1.00 bits per heavy atom. The minimum atomic E-state index is 0.302. The van der Waals surface area contributed by atoms with Gasteiger partial charge in [0.1, 0.15) is 5.75 Å². The Morgan fingerprint density at radius 3 is 2.50 bits per heavy atom. The second kappa shape index (κ2) is 7.17. The molecule has 108 valence electrons. The van der Waals surface area contributed by atoms with Crippen LogP contribution >= 0.6 is 0 Å². The maximum Gasteiger partial charge on any atom is 0.326 e. The summed E-state index contributed by atoms with van der Waals surface area (Å²) in [6.07, 6.45) is 10.5. The van der Waals surface area contributed by atoms with Crippen LogP contribution in [0.25, 0.3) is 0 Å². The maximum atomic E-state index is 5.95. The van der Waals surface area contributed by atoms with E-state index < -0.39 is 0 Å². The summed E-state index contributed by atoms with van der Waals surface area (Å²) in [4.78, 5) is 0. The van der Waals surface area contributed by atoms with Crippen LogP contribution in [0.15, 0.2) is 24.3 Å². The smallest absolute Gasteiger partial charge is 0.326 e. The van der Waals surface area contributed by atoms with Gasteiger partial charge in [0.25, 0.3) is 0 Å². The lowest BCUT2D eigenvalue weighted by molar-refractivity contribution is 0.209. The Labute approximate surface area is 123 Å². The molecular formula is C17H25BO2. The first-order valence-electron chi connectivity index (χ1n) is 8.26. The fourth-order valence-corrected chi connectivity index (χ4v) is 3.35. The average molecular weight is 272 g/mol. The molecule has 0 spiro atoms. The summed E-state index contributed by atoms with van der Waals surface area (Å²) in [6, 6.07) is 8.56. The van der Waals surface area contributed by atoms with E-state index in [1.165, 1.54) is 50.4 Å². The predicted molar refractivity (Wildman–Crippen MR) is 83.9 cm³/mol. The average Bonchev–Trinajstić information content (AvgIpc) is 2.55. The van der Waals surface area contributed by atoms with Crippen molar-refractivity contribution in [2.24, 2.45) is 5.92 Å². The van der Waals surface area contributed by atoms with E-state index in [4.69, 9.17) is 9.39 Å². The van der Waals surface area contributed by atoms with Gasteiger partial charge in [0.2, 0.25) is 0 Å². The van der Waals surface area contributed by atoms with Crippen molar-refractivity contribution in [1.29, 1.82) is 0 Å². The fraction of sp³-hybridized carbons (Fsp3) is 0.647. The van der Waals surface area contributed by atoms with Gasteiger partial charge in [-0.25, -0.2) is 0 Å². The molecule has 1 aromatic rings. The van der Waals surface area contributed by atoms with Gasteiger partial charge in [-0.2, -0.15) is 0 Å². The summed E-state index contributed by atoms with van der Waals surface area (Å²) < 4.78 is 11.8. The zero-order valence-electron chi connectivity index (χ0n) is 12.4. The zero-order chi connectivity index (χ0) is 13.6. The lowest BCUT2D eigenvalue weighted by Crippen LogP contribution is -2.36. The molecule has 0 aromatic heterocycles. The van der Waals surface area contributed by atoms with Gasteiger partial charge in [-0.05, 0) is 49.1 Å². The number of ether oxygens (including phenoxy) is 1. The van der Waals surface area contributed by atoms with Crippen molar-refractivity contribution in [3.63, 3.8) is 0 Å². The van der Waals surface area contributed by atoms with E-state index in [2.05, 4.69) is 24.3 Å². The van der Waals surface area contributed by atoms with Gasteiger partial charge in [-0.15, -0.1) is 0 Å². The molecular weight excluding hydrogens is 247 g/mol. The molecule has 20 heavy (non-hydrogen) atoms. The second-order valence-electron chi connectivity index (χ2n) is 6.24. The molecule has 2 aliphatic rings. The van der Waals surface area contributed by atoms with Crippen LogP contribution in [0.4, 0.5) is 0 Å². The van der Waals surface area contributed by atoms with Crippen molar-refractivity contribution in [2.45, 2.75) is 51.3 Å². The molecule has 1 aliphatic heterocycles. The van der Waals surface area contributed by atoms with Gasteiger partial charge in [-0.1, -0.05) is 37.8 Å². The summed E-state index contributed by atoms with van der Waals surface area (Å²) in [5, 5.41) is 0. The topological polar surface area (TPSA) is 18.5 Å². The molecule has 0 unspecified atom stereocenters. The molecule has 3 heteroatoms. The molecule has 1 heterocycles. The first-order valence-corrected chi connectivity index (χ1v) is 8.26. The van der Waals surface area contributed by atoms with Crippen LogP contribution in [-0.2, 0) is 4.65 Å². The Balaban J connectivity index is 1.50. The van der Waals surface area contributed by atoms with E-state index in [1.807, 2.05) is 0 Å². The predicted octanol–water partition coefficient (Wildman–Crippen LogP) is 3.65. The standard InChI is InChI=1S/C17H25BO2/c1-2-6-15(7-3-1)14-19-17-10-8-16(9-11-17)18-12-4-5-13-20-18/h8-11,15H,1-7,12-14H2. The summed E-state index contributed by atoms with van der Waals surface area (Å²) >= 11 is 0. The zero-order valence-corrected chi connectivity index (χ0v) is 12.4. The van der Waals surface area contributed by atoms with Crippen LogP contribution in [0.2, 0.25) is 6.32 Å². The molecule has 1 saturated heterocycles. The van der Waals surface area contributed by atoms with Crippen molar-refractivity contribution in [2.75, 3.05) is 13.2 Å². The molecule has 0 bridgehead atoms. The molecule has 0 amide bonds. The van der Waals surface area contributed by atoms with Crippen LogP contribution in [0.3, 0.4) is 0 Å². The Kier molecular flexibility index (Phi) is 5.02. The molecule has 0 radical (unpaired) electrons. The molecule has 1 aliphatic carbocycles. The van der Waals surface area contributed by atoms with E-state index in [0.717, 1.165) is 31.2 Å². The van der Waals surface area contributed by atoms with E-state index in [1.54, 1.807) is 0 Å². The minimum absolute atomic E-state index is 0.302. The van der Waals surface area contributed by atoms with Gasteiger partial charge in [0, 0.05) is 6.61 Å². The normalized spacial score (nSPS) is 20.9. The van der Waals surface area contributed by atoms with Crippen LogP contribution in [0.1, 0.15) is 44.9 Å². The number of hydrogen-bond donors (Lipinski definition) is 0. The monoisotopic (exact) mass is 272 g/mol. The summed E-state index contributed by atoms with van der Waals surface area (Å²) in [5.41, 5.74) is 1.30. The third kappa shape index (κ3) is 3.79. The van der Waals surface area contributed by atoms with E-state index >= 15 is 0 Å². The second-order valence-corrected chi connectivity index (χ2v) is 6.24. The molecule has 0 N–H and O–H groups in total.